The molecule has 1 heterocycles. The first-order valence-electron chi connectivity index (χ1n) is 10.3. The van der Waals surface area contributed by atoms with Gasteiger partial charge in [-0.2, -0.15) is 0 Å². The smallest absolute Gasteiger partial charge is 0.224 e. The number of nitrogens with zero attached hydrogens (tertiary/aromatic N) is 3. The van der Waals surface area contributed by atoms with Crippen LogP contribution < -0.4 is 16.0 Å². The molecule has 162 valence electrons. The maximum Gasteiger partial charge on any atom is 0.224 e. The van der Waals surface area contributed by atoms with Gasteiger partial charge in [0.05, 0.1) is 6.54 Å². The molecule has 3 rings (SSSR count). The van der Waals surface area contributed by atoms with E-state index in [0.717, 1.165) is 31.9 Å². The maximum absolute atomic E-state index is 12.5. The number of anilines is 2. The molecule has 7 heteroatoms. The minimum Gasteiger partial charge on any atom is -0.370 e. The predicted octanol–water partition coefficient (Wildman–Crippen LogP) is 3.89. The third-order valence-electron chi connectivity index (χ3n) is 5.19. The number of para-hydroxylation sites is 1. The fraction of sp³-hybridized carbons (Fsp3) is 0.391. The van der Waals surface area contributed by atoms with E-state index in [1.807, 2.05) is 35.2 Å². The number of guanidine groups is 1. The molecule has 2 aromatic rings. The average molecular weight is 521 g/mol. The van der Waals surface area contributed by atoms with Crippen molar-refractivity contribution in [1.29, 1.82) is 0 Å². The van der Waals surface area contributed by atoms with Crippen molar-refractivity contribution in [2.24, 2.45) is 10.7 Å². The van der Waals surface area contributed by atoms with Crippen molar-refractivity contribution in [2.75, 3.05) is 42.9 Å². The van der Waals surface area contributed by atoms with Crippen LogP contribution in [-0.2, 0) is 4.79 Å². The Balaban J connectivity index is 0.00000320. The highest BCUT2D eigenvalue weighted by Gasteiger charge is 2.20. The molecule has 0 aliphatic carbocycles. The number of aliphatic imine (C=N–C) groups is 1. The normalized spacial score (nSPS) is 14.4. The van der Waals surface area contributed by atoms with E-state index in [2.05, 4.69) is 53.3 Å². The van der Waals surface area contributed by atoms with Crippen LogP contribution in [0.15, 0.2) is 59.6 Å². The quantitative estimate of drug-likeness (QED) is 0.344. The van der Waals surface area contributed by atoms with Crippen LogP contribution in [-0.4, -0.2) is 49.5 Å². The standard InChI is InChI=1S/C23H31N5O.HI/c1-18(2)19-7-6-8-20(17-19)26-23(24)25-12-11-22(29)28-15-13-27(14-16-28)21-9-4-3-5-10-21;/h3-10,17-18H,11-16H2,1-2H3,(H3,24,25,26);1H. The Hall–Kier alpha value is -2.29. The lowest BCUT2D eigenvalue weighted by Crippen LogP contribution is -2.48. The molecule has 6 nitrogen and oxygen atoms in total. The van der Waals surface area contributed by atoms with E-state index in [-0.39, 0.29) is 29.9 Å². The van der Waals surface area contributed by atoms with E-state index in [9.17, 15) is 4.79 Å². The summed E-state index contributed by atoms with van der Waals surface area (Å²) in [5, 5.41) is 3.11. The van der Waals surface area contributed by atoms with E-state index in [4.69, 9.17) is 5.73 Å². The first kappa shape index (κ1) is 24.0. The lowest BCUT2D eigenvalue weighted by Gasteiger charge is -2.36. The van der Waals surface area contributed by atoms with Crippen LogP contribution in [0.3, 0.4) is 0 Å². The topological polar surface area (TPSA) is 74.0 Å². The highest BCUT2D eigenvalue weighted by molar-refractivity contribution is 14.0. The third kappa shape index (κ3) is 6.90. The van der Waals surface area contributed by atoms with Crippen molar-refractivity contribution in [3.63, 3.8) is 0 Å². The highest BCUT2D eigenvalue weighted by atomic mass is 127. The zero-order valence-corrected chi connectivity index (χ0v) is 20.1. The molecular formula is C23H32IN5O. The molecule has 0 bridgehead atoms. The molecule has 0 spiro atoms. The Labute approximate surface area is 196 Å². The molecule has 2 aromatic carbocycles. The number of benzene rings is 2. The number of halogens is 1. The number of piperazine rings is 1. The minimum absolute atomic E-state index is 0. The summed E-state index contributed by atoms with van der Waals surface area (Å²) >= 11 is 0. The number of rotatable bonds is 6. The SMILES string of the molecule is CC(C)c1cccc(NC(N)=NCCC(=O)N2CCN(c3ccccc3)CC2)c1.I. The van der Waals surface area contributed by atoms with Crippen LogP contribution >= 0.6 is 24.0 Å². The highest BCUT2D eigenvalue weighted by Crippen LogP contribution is 2.18. The molecule has 1 amide bonds. The molecule has 1 saturated heterocycles. The number of amides is 1. The zero-order chi connectivity index (χ0) is 20.6. The molecule has 0 radical (unpaired) electrons. The van der Waals surface area contributed by atoms with Gasteiger partial charge in [-0.25, -0.2) is 0 Å². The fourth-order valence-electron chi connectivity index (χ4n) is 3.45. The minimum atomic E-state index is 0. The Kier molecular flexibility index (Phi) is 9.42. The van der Waals surface area contributed by atoms with Crippen molar-refractivity contribution in [1.82, 2.24) is 4.90 Å². The summed E-state index contributed by atoms with van der Waals surface area (Å²) in [7, 11) is 0. The van der Waals surface area contributed by atoms with Gasteiger partial charge in [-0.15, -0.1) is 24.0 Å². The molecule has 0 atom stereocenters. The second-order valence-electron chi connectivity index (χ2n) is 7.63. The van der Waals surface area contributed by atoms with Crippen molar-refractivity contribution in [3.8, 4) is 0 Å². The van der Waals surface area contributed by atoms with Gasteiger partial charge in [0.15, 0.2) is 5.96 Å². The van der Waals surface area contributed by atoms with Gasteiger partial charge in [-0.05, 0) is 35.7 Å². The molecule has 1 aliphatic heterocycles. The van der Waals surface area contributed by atoms with Gasteiger partial charge in [0, 0.05) is 44.0 Å². The van der Waals surface area contributed by atoms with E-state index < -0.39 is 0 Å². The first-order valence-corrected chi connectivity index (χ1v) is 10.3. The zero-order valence-electron chi connectivity index (χ0n) is 17.8. The Morgan fingerprint density at radius 1 is 1.07 bits per heavy atom. The van der Waals surface area contributed by atoms with Crippen LogP contribution in [0, 0.1) is 0 Å². The van der Waals surface area contributed by atoms with E-state index in [1.54, 1.807) is 0 Å². The Morgan fingerprint density at radius 2 is 1.77 bits per heavy atom. The van der Waals surface area contributed by atoms with E-state index >= 15 is 0 Å². The number of nitrogens with one attached hydrogen (secondary N) is 1. The van der Waals surface area contributed by atoms with Gasteiger partial charge < -0.3 is 20.9 Å². The molecule has 3 N–H and O–H groups in total. The fourth-order valence-corrected chi connectivity index (χ4v) is 3.45. The summed E-state index contributed by atoms with van der Waals surface area (Å²) < 4.78 is 0. The van der Waals surface area contributed by atoms with Gasteiger partial charge in [0.25, 0.3) is 0 Å². The van der Waals surface area contributed by atoms with Crippen LogP contribution in [0.4, 0.5) is 11.4 Å². The Bertz CT molecular complexity index is 832. The number of nitrogens with two attached hydrogens (primary N) is 1. The summed E-state index contributed by atoms with van der Waals surface area (Å²) in [6.07, 6.45) is 0.375. The number of carbonyl (C=O) groups excluding carboxylic acids is 1. The number of hydrogen-bond acceptors (Lipinski definition) is 3. The summed E-state index contributed by atoms with van der Waals surface area (Å²) in [5.74, 6) is 0.929. The largest absolute Gasteiger partial charge is 0.370 e. The summed E-state index contributed by atoms with van der Waals surface area (Å²) in [5.41, 5.74) is 9.36. The molecule has 0 unspecified atom stereocenters. The second kappa shape index (κ2) is 11.8. The predicted molar refractivity (Wildman–Crippen MR) is 136 cm³/mol. The summed E-state index contributed by atoms with van der Waals surface area (Å²) in [6.45, 7) is 7.90. The third-order valence-corrected chi connectivity index (χ3v) is 5.19. The number of hydrogen-bond donors (Lipinski definition) is 2. The van der Waals surface area contributed by atoms with Crippen LogP contribution in [0.5, 0.6) is 0 Å². The molecule has 1 aliphatic rings. The van der Waals surface area contributed by atoms with E-state index in [0.29, 0.717) is 24.8 Å². The maximum atomic E-state index is 12.5. The molecule has 30 heavy (non-hydrogen) atoms. The van der Waals surface area contributed by atoms with Gasteiger partial charge in [0.2, 0.25) is 5.91 Å². The molecule has 0 saturated carbocycles. The molecule has 0 aromatic heterocycles. The second-order valence-corrected chi connectivity index (χ2v) is 7.63. The van der Waals surface area contributed by atoms with Crippen molar-refractivity contribution >= 4 is 47.2 Å². The summed E-state index contributed by atoms with van der Waals surface area (Å²) in [6, 6.07) is 18.5. The van der Waals surface area contributed by atoms with Gasteiger partial charge in [0.1, 0.15) is 0 Å². The van der Waals surface area contributed by atoms with Crippen LogP contribution in [0.1, 0.15) is 31.7 Å². The van der Waals surface area contributed by atoms with Crippen molar-refractivity contribution < 1.29 is 4.79 Å². The van der Waals surface area contributed by atoms with E-state index in [1.165, 1.54) is 11.3 Å². The van der Waals surface area contributed by atoms with Crippen LogP contribution in [0.25, 0.3) is 0 Å². The van der Waals surface area contributed by atoms with Crippen LogP contribution in [0.2, 0.25) is 0 Å². The van der Waals surface area contributed by atoms with Gasteiger partial charge >= 0.3 is 0 Å². The van der Waals surface area contributed by atoms with Crippen molar-refractivity contribution in [3.05, 3.63) is 60.2 Å². The van der Waals surface area contributed by atoms with Gasteiger partial charge in [-0.1, -0.05) is 44.2 Å². The Morgan fingerprint density at radius 3 is 2.43 bits per heavy atom. The molecule has 1 fully saturated rings. The first-order chi connectivity index (χ1) is 14.0. The average Bonchev–Trinajstić information content (AvgIpc) is 2.74. The molecular weight excluding hydrogens is 489 g/mol. The summed E-state index contributed by atoms with van der Waals surface area (Å²) in [4.78, 5) is 21.0. The number of carbonyl (C=O) groups is 1. The van der Waals surface area contributed by atoms with Crippen molar-refractivity contribution in [2.45, 2.75) is 26.2 Å². The van der Waals surface area contributed by atoms with Gasteiger partial charge in [-0.3, -0.25) is 9.79 Å². The lowest BCUT2D eigenvalue weighted by atomic mass is 10.0. The lowest BCUT2D eigenvalue weighted by molar-refractivity contribution is -0.131. The monoisotopic (exact) mass is 521 g/mol.